The molecule has 2 heteroatoms. The van der Waals surface area contributed by atoms with Gasteiger partial charge in [-0.2, -0.15) is 0 Å². The molecule has 0 spiro atoms. The predicted octanol–water partition coefficient (Wildman–Crippen LogP) is 2.36. The summed E-state index contributed by atoms with van der Waals surface area (Å²) < 4.78 is 0. The maximum absolute atomic E-state index is 10.2. The van der Waals surface area contributed by atoms with Crippen molar-refractivity contribution in [1.82, 2.24) is 0 Å². The lowest BCUT2D eigenvalue weighted by Crippen LogP contribution is -2.40. The maximum atomic E-state index is 10.2. The van der Waals surface area contributed by atoms with Gasteiger partial charge in [0.2, 0.25) is 0 Å². The van der Waals surface area contributed by atoms with Gasteiger partial charge >= 0.3 is 0 Å². The van der Waals surface area contributed by atoms with E-state index in [4.69, 9.17) is 5.73 Å². The summed E-state index contributed by atoms with van der Waals surface area (Å²) in [4.78, 5) is 0. The fourth-order valence-corrected chi connectivity index (χ4v) is 1.47. The molecule has 1 rings (SSSR count). The van der Waals surface area contributed by atoms with Crippen molar-refractivity contribution in [2.45, 2.75) is 45.3 Å². The molecule has 0 amide bonds. The molecule has 2 nitrogen and oxygen atoms in total. The van der Waals surface area contributed by atoms with Crippen LogP contribution in [0.5, 0.6) is 0 Å². The fourth-order valence-electron chi connectivity index (χ4n) is 1.47. The monoisotopic (exact) mass is 207 g/mol. The minimum absolute atomic E-state index is 0.276. The van der Waals surface area contributed by atoms with Gasteiger partial charge in [0.15, 0.2) is 0 Å². The molecule has 0 fully saturated rings. The van der Waals surface area contributed by atoms with Gasteiger partial charge in [-0.15, -0.1) is 0 Å². The van der Waals surface area contributed by atoms with Gasteiger partial charge in [-0.3, -0.25) is 0 Å². The Kier molecular flexibility index (Phi) is 3.53. The Morgan fingerprint density at radius 2 is 1.60 bits per heavy atom. The lowest BCUT2D eigenvalue weighted by Gasteiger charge is -2.28. The summed E-state index contributed by atoms with van der Waals surface area (Å²) >= 11 is 0. The Morgan fingerprint density at radius 1 is 1.13 bits per heavy atom. The summed E-state index contributed by atoms with van der Waals surface area (Å²) in [6.07, 6.45) is 0. The SMILES string of the molecule is CC(C)c1ccc(C(C)(O)C(C)N)cc1. The van der Waals surface area contributed by atoms with Gasteiger partial charge in [-0.1, -0.05) is 38.1 Å². The van der Waals surface area contributed by atoms with E-state index < -0.39 is 5.60 Å². The van der Waals surface area contributed by atoms with Crippen LogP contribution in [0.3, 0.4) is 0 Å². The van der Waals surface area contributed by atoms with Crippen molar-refractivity contribution < 1.29 is 5.11 Å². The van der Waals surface area contributed by atoms with Gasteiger partial charge in [-0.05, 0) is 30.9 Å². The van der Waals surface area contributed by atoms with E-state index in [1.807, 2.05) is 19.1 Å². The summed E-state index contributed by atoms with van der Waals surface area (Å²) in [7, 11) is 0. The van der Waals surface area contributed by atoms with Crippen LogP contribution in [0.25, 0.3) is 0 Å². The summed E-state index contributed by atoms with van der Waals surface area (Å²) in [6, 6.07) is 7.74. The maximum Gasteiger partial charge on any atom is 0.102 e. The van der Waals surface area contributed by atoms with Gasteiger partial charge in [0.25, 0.3) is 0 Å². The molecular weight excluding hydrogens is 186 g/mol. The molecule has 1 aromatic carbocycles. The minimum atomic E-state index is -0.949. The van der Waals surface area contributed by atoms with Crippen molar-refractivity contribution in [3.8, 4) is 0 Å². The highest BCUT2D eigenvalue weighted by Gasteiger charge is 2.27. The summed E-state index contributed by atoms with van der Waals surface area (Å²) in [5, 5.41) is 10.2. The standard InChI is InChI=1S/C13H21NO/c1-9(2)11-5-7-12(8-6-11)13(4,15)10(3)14/h5-10,15H,14H2,1-4H3. The first-order valence-corrected chi connectivity index (χ1v) is 5.44. The van der Waals surface area contributed by atoms with Crippen molar-refractivity contribution in [2.75, 3.05) is 0 Å². The molecule has 0 aliphatic heterocycles. The number of nitrogens with two attached hydrogens (primary N) is 1. The minimum Gasteiger partial charge on any atom is -0.384 e. The highest BCUT2D eigenvalue weighted by atomic mass is 16.3. The molecule has 0 aliphatic rings. The molecule has 0 radical (unpaired) electrons. The smallest absolute Gasteiger partial charge is 0.102 e. The van der Waals surface area contributed by atoms with E-state index >= 15 is 0 Å². The third kappa shape index (κ3) is 2.58. The van der Waals surface area contributed by atoms with E-state index in [0.717, 1.165) is 5.56 Å². The van der Waals surface area contributed by atoms with E-state index in [0.29, 0.717) is 5.92 Å². The molecule has 1 aromatic rings. The first-order chi connectivity index (χ1) is 6.85. The zero-order chi connectivity index (χ0) is 11.6. The van der Waals surface area contributed by atoms with Crippen molar-refractivity contribution in [2.24, 2.45) is 5.73 Å². The third-order valence-electron chi connectivity index (χ3n) is 3.05. The average Bonchev–Trinajstić information content (AvgIpc) is 2.17. The first-order valence-electron chi connectivity index (χ1n) is 5.44. The van der Waals surface area contributed by atoms with Crippen molar-refractivity contribution in [1.29, 1.82) is 0 Å². The molecule has 2 atom stereocenters. The number of rotatable bonds is 3. The normalized spacial score (nSPS) is 17.5. The molecule has 0 aliphatic carbocycles. The second-order valence-electron chi connectivity index (χ2n) is 4.71. The Morgan fingerprint density at radius 3 is 1.93 bits per heavy atom. The van der Waals surface area contributed by atoms with Crippen LogP contribution in [0.2, 0.25) is 0 Å². The van der Waals surface area contributed by atoms with Crippen LogP contribution < -0.4 is 5.73 Å². The van der Waals surface area contributed by atoms with Crippen LogP contribution in [0.1, 0.15) is 44.7 Å². The van der Waals surface area contributed by atoms with Gasteiger partial charge in [0.1, 0.15) is 5.60 Å². The summed E-state index contributed by atoms with van der Waals surface area (Å²) in [5.74, 6) is 0.513. The van der Waals surface area contributed by atoms with Gasteiger partial charge in [0, 0.05) is 6.04 Å². The fraction of sp³-hybridized carbons (Fsp3) is 0.538. The molecule has 0 aromatic heterocycles. The quantitative estimate of drug-likeness (QED) is 0.799. The largest absolute Gasteiger partial charge is 0.384 e. The van der Waals surface area contributed by atoms with Crippen molar-refractivity contribution >= 4 is 0 Å². The second kappa shape index (κ2) is 4.33. The van der Waals surface area contributed by atoms with Crippen LogP contribution >= 0.6 is 0 Å². The van der Waals surface area contributed by atoms with Crippen LogP contribution in [-0.2, 0) is 5.60 Å². The lowest BCUT2D eigenvalue weighted by molar-refractivity contribution is 0.0349. The lowest BCUT2D eigenvalue weighted by atomic mass is 9.88. The van der Waals surface area contributed by atoms with E-state index in [9.17, 15) is 5.11 Å². The molecule has 0 heterocycles. The number of hydrogen-bond acceptors (Lipinski definition) is 2. The van der Waals surface area contributed by atoms with Gasteiger partial charge < -0.3 is 10.8 Å². The average molecular weight is 207 g/mol. The Labute approximate surface area is 92.1 Å². The highest BCUT2D eigenvalue weighted by molar-refractivity contribution is 5.29. The van der Waals surface area contributed by atoms with Gasteiger partial charge in [-0.25, -0.2) is 0 Å². The van der Waals surface area contributed by atoms with Gasteiger partial charge in [0.05, 0.1) is 0 Å². The highest BCUT2D eigenvalue weighted by Crippen LogP contribution is 2.25. The molecule has 2 unspecified atom stereocenters. The zero-order valence-corrected chi connectivity index (χ0v) is 9.99. The molecule has 0 saturated carbocycles. The van der Waals surface area contributed by atoms with Crippen molar-refractivity contribution in [3.05, 3.63) is 35.4 Å². The number of aliphatic hydroxyl groups is 1. The second-order valence-corrected chi connectivity index (χ2v) is 4.71. The number of benzene rings is 1. The van der Waals surface area contributed by atoms with Crippen molar-refractivity contribution in [3.63, 3.8) is 0 Å². The van der Waals surface area contributed by atoms with Crippen LogP contribution in [0, 0.1) is 0 Å². The summed E-state index contributed by atoms with van der Waals surface area (Å²) in [6.45, 7) is 7.87. The van der Waals surface area contributed by atoms with Crippen LogP contribution in [0.4, 0.5) is 0 Å². The van der Waals surface area contributed by atoms with E-state index in [1.165, 1.54) is 5.56 Å². The topological polar surface area (TPSA) is 46.2 Å². The first kappa shape index (κ1) is 12.2. The third-order valence-corrected chi connectivity index (χ3v) is 3.05. The molecule has 84 valence electrons. The Bertz CT molecular complexity index is 312. The summed E-state index contributed by atoms with van der Waals surface area (Å²) in [5.41, 5.74) is 6.95. The molecule has 0 bridgehead atoms. The molecule has 15 heavy (non-hydrogen) atoms. The van der Waals surface area contributed by atoms with Crippen LogP contribution in [0.15, 0.2) is 24.3 Å². The van der Waals surface area contributed by atoms with Crippen LogP contribution in [-0.4, -0.2) is 11.1 Å². The van der Waals surface area contributed by atoms with E-state index in [1.54, 1.807) is 6.92 Å². The molecule has 0 saturated heterocycles. The van der Waals surface area contributed by atoms with E-state index in [-0.39, 0.29) is 6.04 Å². The Hall–Kier alpha value is -0.860. The number of hydrogen-bond donors (Lipinski definition) is 2. The van der Waals surface area contributed by atoms with E-state index in [2.05, 4.69) is 26.0 Å². The predicted molar refractivity (Wildman–Crippen MR) is 63.8 cm³/mol. The zero-order valence-electron chi connectivity index (χ0n) is 9.99. The Balaban J connectivity index is 2.98. The molecule has 3 N–H and O–H groups in total. The molecular formula is C13H21NO.